The minimum atomic E-state index is 0.0949. The zero-order valence-corrected chi connectivity index (χ0v) is 10.8. The second-order valence-electron chi connectivity index (χ2n) is 4.14. The fourth-order valence-electron chi connectivity index (χ4n) is 1.65. The van der Waals surface area contributed by atoms with Gasteiger partial charge in [0.1, 0.15) is 11.5 Å². The normalized spacial score (nSPS) is 12.3. The first-order chi connectivity index (χ1) is 8.78. The fourth-order valence-corrected chi connectivity index (χ4v) is 2.47. The Morgan fingerprint density at radius 1 is 1.17 bits per heavy atom. The average molecular weight is 264 g/mol. The van der Waals surface area contributed by atoms with Gasteiger partial charge in [-0.15, -0.1) is 11.3 Å². The van der Waals surface area contributed by atoms with Crippen molar-refractivity contribution >= 4 is 11.3 Å². The van der Waals surface area contributed by atoms with Crippen LogP contribution in [0.1, 0.15) is 4.88 Å². The van der Waals surface area contributed by atoms with Crippen molar-refractivity contribution in [1.82, 2.24) is 0 Å². The first-order valence-corrected chi connectivity index (χ1v) is 6.71. The summed E-state index contributed by atoms with van der Waals surface area (Å²) in [5.41, 5.74) is 0. The Bertz CT molecular complexity index is 450. The number of ether oxygens (including phenoxy) is 1. The lowest BCUT2D eigenvalue weighted by Crippen LogP contribution is -2.18. The number of aliphatic hydroxyl groups is 1. The number of hydrogen-bond donors (Lipinski definition) is 2. The Kier molecular flexibility index (Phi) is 4.61. The van der Waals surface area contributed by atoms with Gasteiger partial charge in [-0.05, 0) is 42.1 Å². The monoisotopic (exact) mass is 264 g/mol. The zero-order valence-electron chi connectivity index (χ0n) is 9.95. The highest BCUT2D eigenvalue weighted by Gasteiger charge is 2.10. The molecule has 0 aliphatic rings. The molecule has 18 heavy (non-hydrogen) atoms. The van der Waals surface area contributed by atoms with E-state index in [0.29, 0.717) is 12.4 Å². The molecule has 3 nitrogen and oxygen atoms in total. The minimum absolute atomic E-state index is 0.0949. The van der Waals surface area contributed by atoms with E-state index >= 15 is 0 Å². The van der Waals surface area contributed by atoms with Crippen LogP contribution >= 0.6 is 11.3 Å². The molecular weight excluding hydrogens is 248 g/mol. The maximum absolute atomic E-state index is 9.33. The summed E-state index contributed by atoms with van der Waals surface area (Å²) in [5.74, 6) is 1.02. The largest absolute Gasteiger partial charge is 0.508 e. The highest BCUT2D eigenvalue weighted by atomic mass is 32.1. The van der Waals surface area contributed by atoms with Crippen LogP contribution in [-0.2, 0) is 6.42 Å². The summed E-state index contributed by atoms with van der Waals surface area (Å²) >= 11 is 1.69. The first kappa shape index (κ1) is 12.9. The molecule has 1 aromatic heterocycles. The summed E-state index contributed by atoms with van der Waals surface area (Å²) < 4.78 is 5.60. The van der Waals surface area contributed by atoms with Gasteiger partial charge in [0.2, 0.25) is 0 Å². The van der Waals surface area contributed by atoms with E-state index in [1.807, 2.05) is 11.4 Å². The number of aromatic hydroxyl groups is 1. The summed E-state index contributed by atoms with van der Waals surface area (Å²) in [4.78, 5) is 1.25. The van der Waals surface area contributed by atoms with Crippen LogP contribution < -0.4 is 4.74 Å². The summed E-state index contributed by atoms with van der Waals surface area (Å²) in [6.45, 7) is 0.579. The van der Waals surface area contributed by atoms with Gasteiger partial charge in [-0.1, -0.05) is 6.07 Å². The van der Waals surface area contributed by atoms with Crippen molar-refractivity contribution in [3.63, 3.8) is 0 Å². The van der Waals surface area contributed by atoms with E-state index in [1.165, 1.54) is 4.88 Å². The molecule has 0 radical (unpaired) electrons. The first-order valence-electron chi connectivity index (χ1n) is 5.83. The number of aliphatic hydroxyl groups excluding tert-OH is 1. The van der Waals surface area contributed by atoms with E-state index in [4.69, 9.17) is 9.84 Å². The number of phenolic OH excluding ortho intramolecular Hbond substituents is 1. The molecular formula is C14H16O3S. The topological polar surface area (TPSA) is 49.7 Å². The molecule has 1 heterocycles. The predicted octanol–water partition coefficient (Wildman–Crippen LogP) is 2.68. The van der Waals surface area contributed by atoms with E-state index in [-0.39, 0.29) is 18.3 Å². The van der Waals surface area contributed by atoms with Crippen LogP contribution in [0.3, 0.4) is 0 Å². The molecule has 0 bridgehead atoms. The molecule has 0 saturated carbocycles. The van der Waals surface area contributed by atoms with Gasteiger partial charge in [0.25, 0.3) is 0 Å². The molecule has 2 N–H and O–H groups in total. The lowest BCUT2D eigenvalue weighted by atomic mass is 10.1. The Morgan fingerprint density at radius 2 is 1.94 bits per heavy atom. The molecule has 0 saturated heterocycles. The van der Waals surface area contributed by atoms with Crippen molar-refractivity contribution in [1.29, 1.82) is 0 Å². The summed E-state index contributed by atoms with van der Waals surface area (Å²) in [7, 11) is 0. The smallest absolute Gasteiger partial charge is 0.119 e. The Morgan fingerprint density at radius 3 is 2.56 bits per heavy atom. The van der Waals surface area contributed by atoms with E-state index in [0.717, 1.165) is 6.42 Å². The van der Waals surface area contributed by atoms with E-state index in [1.54, 1.807) is 35.6 Å². The van der Waals surface area contributed by atoms with Crippen LogP contribution in [0.5, 0.6) is 11.5 Å². The van der Waals surface area contributed by atoms with Gasteiger partial charge < -0.3 is 14.9 Å². The molecule has 0 aliphatic heterocycles. The highest BCUT2D eigenvalue weighted by Crippen LogP contribution is 2.18. The van der Waals surface area contributed by atoms with E-state index in [2.05, 4.69) is 6.07 Å². The number of rotatable bonds is 6. The molecule has 1 unspecified atom stereocenters. The second-order valence-corrected chi connectivity index (χ2v) is 5.17. The van der Waals surface area contributed by atoms with Gasteiger partial charge in [-0.25, -0.2) is 0 Å². The molecule has 0 aliphatic carbocycles. The lowest BCUT2D eigenvalue weighted by molar-refractivity contribution is 0.163. The van der Waals surface area contributed by atoms with Crippen LogP contribution in [-0.4, -0.2) is 23.4 Å². The average Bonchev–Trinajstić information content (AvgIpc) is 2.89. The molecule has 0 amide bonds. The van der Waals surface area contributed by atoms with Gasteiger partial charge in [-0.2, -0.15) is 0 Å². The zero-order chi connectivity index (χ0) is 12.8. The van der Waals surface area contributed by atoms with Crippen molar-refractivity contribution < 1.29 is 14.9 Å². The minimum Gasteiger partial charge on any atom is -0.508 e. The highest BCUT2D eigenvalue weighted by molar-refractivity contribution is 7.09. The fraction of sp³-hybridized carbons (Fsp3) is 0.286. The van der Waals surface area contributed by atoms with Crippen LogP contribution in [0.2, 0.25) is 0 Å². The summed E-state index contributed by atoms with van der Waals surface area (Å²) in [6.07, 6.45) is 0.826. The quantitative estimate of drug-likeness (QED) is 0.843. The predicted molar refractivity (Wildman–Crippen MR) is 72.2 cm³/mol. The number of benzene rings is 1. The van der Waals surface area contributed by atoms with Crippen molar-refractivity contribution in [3.05, 3.63) is 46.7 Å². The standard InChI is InChI=1S/C14H16O3S/c15-9-11(8-14-2-1-7-18-14)10-17-13-5-3-12(16)4-6-13/h1-7,11,15-16H,8-10H2. The third kappa shape index (κ3) is 3.75. The van der Waals surface area contributed by atoms with Gasteiger partial charge in [0, 0.05) is 17.4 Å². The van der Waals surface area contributed by atoms with E-state index < -0.39 is 0 Å². The van der Waals surface area contributed by atoms with Gasteiger partial charge in [0.05, 0.1) is 6.61 Å². The molecule has 1 aromatic carbocycles. The number of hydrogen-bond acceptors (Lipinski definition) is 4. The molecule has 2 aromatic rings. The van der Waals surface area contributed by atoms with Gasteiger partial charge in [0.15, 0.2) is 0 Å². The Labute approximate surface area is 110 Å². The van der Waals surface area contributed by atoms with E-state index in [9.17, 15) is 5.11 Å². The van der Waals surface area contributed by atoms with Crippen LogP contribution in [0.25, 0.3) is 0 Å². The molecule has 0 spiro atoms. The molecule has 0 fully saturated rings. The van der Waals surface area contributed by atoms with Gasteiger partial charge in [-0.3, -0.25) is 0 Å². The molecule has 1 atom stereocenters. The van der Waals surface area contributed by atoms with Crippen molar-refractivity contribution in [2.24, 2.45) is 5.92 Å². The van der Waals surface area contributed by atoms with Crippen molar-refractivity contribution in [2.75, 3.05) is 13.2 Å². The van der Waals surface area contributed by atoms with Crippen LogP contribution in [0.4, 0.5) is 0 Å². The van der Waals surface area contributed by atoms with Crippen molar-refractivity contribution in [3.8, 4) is 11.5 Å². The third-order valence-electron chi connectivity index (χ3n) is 2.65. The molecule has 4 heteroatoms. The van der Waals surface area contributed by atoms with Crippen LogP contribution in [0.15, 0.2) is 41.8 Å². The Balaban J connectivity index is 1.85. The SMILES string of the molecule is OCC(COc1ccc(O)cc1)Cc1cccs1. The summed E-state index contributed by atoms with van der Waals surface area (Å²) in [6, 6.07) is 10.7. The number of phenols is 1. The third-order valence-corrected chi connectivity index (χ3v) is 3.55. The molecule has 96 valence electrons. The molecule has 2 rings (SSSR count). The maximum atomic E-state index is 9.33. The Hall–Kier alpha value is -1.52. The van der Waals surface area contributed by atoms with Crippen LogP contribution in [0, 0.1) is 5.92 Å². The van der Waals surface area contributed by atoms with Crippen molar-refractivity contribution in [2.45, 2.75) is 6.42 Å². The second kappa shape index (κ2) is 6.42. The summed E-state index contributed by atoms with van der Waals surface area (Å²) in [5, 5.41) is 20.5. The number of thiophene rings is 1. The van der Waals surface area contributed by atoms with Gasteiger partial charge >= 0.3 is 0 Å². The maximum Gasteiger partial charge on any atom is 0.119 e. The lowest BCUT2D eigenvalue weighted by Gasteiger charge is -2.14.